The van der Waals surface area contributed by atoms with Crippen molar-refractivity contribution < 1.29 is 19.1 Å². The summed E-state index contributed by atoms with van der Waals surface area (Å²) in [4.78, 5) is 35.2. The molecule has 0 bridgehead atoms. The minimum absolute atomic E-state index is 0.0411. The van der Waals surface area contributed by atoms with Crippen LogP contribution in [0.3, 0.4) is 0 Å². The first-order chi connectivity index (χ1) is 10.8. The number of nitrogens with one attached hydrogen (secondary N) is 1. The number of amides is 1. The Balaban J connectivity index is 2.34. The summed E-state index contributed by atoms with van der Waals surface area (Å²) < 4.78 is 4.97. The first-order valence-corrected chi connectivity index (χ1v) is 7.86. The van der Waals surface area contributed by atoms with Crippen molar-refractivity contribution in [1.82, 2.24) is 5.32 Å². The predicted octanol–water partition coefficient (Wildman–Crippen LogP) is 2.72. The summed E-state index contributed by atoms with van der Waals surface area (Å²) in [6, 6.07) is 5.70. The lowest BCUT2D eigenvalue weighted by Crippen LogP contribution is -2.27. The molecule has 5 heteroatoms. The minimum Gasteiger partial charge on any atom is -0.463 e. The zero-order chi connectivity index (χ0) is 17.4. The molecule has 0 spiro atoms. The molecule has 1 rings (SSSR count). The summed E-state index contributed by atoms with van der Waals surface area (Å²) in [5.41, 5.74) is 2.60. The smallest absolute Gasteiger partial charge is 0.307 e. The van der Waals surface area contributed by atoms with Crippen LogP contribution in [0.5, 0.6) is 0 Å². The molecular weight excluding hydrogens is 294 g/mol. The average Bonchev–Trinajstić information content (AvgIpc) is 2.46. The molecule has 0 aliphatic carbocycles. The fourth-order valence-electron chi connectivity index (χ4n) is 2.11. The highest BCUT2D eigenvalue weighted by atomic mass is 16.5. The second-order valence-corrected chi connectivity index (χ2v) is 5.88. The molecule has 1 amide bonds. The topological polar surface area (TPSA) is 72.5 Å². The lowest BCUT2D eigenvalue weighted by Gasteiger charge is -2.09. The van der Waals surface area contributed by atoms with Gasteiger partial charge in [0.05, 0.1) is 12.5 Å². The quantitative estimate of drug-likeness (QED) is 0.591. The van der Waals surface area contributed by atoms with Crippen LogP contribution in [-0.2, 0) is 14.3 Å². The number of rotatable bonds is 8. The van der Waals surface area contributed by atoms with E-state index in [-0.39, 0.29) is 49.6 Å². The van der Waals surface area contributed by atoms with Crippen molar-refractivity contribution in [1.29, 1.82) is 0 Å². The Bertz CT molecular complexity index is 578. The van der Waals surface area contributed by atoms with Crippen LogP contribution in [0.25, 0.3) is 0 Å². The Hall–Kier alpha value is -2.17. The summed E-state index contributed by atoms with van der Waals surface area (Å²) in [6.45, 7) is 7.58. The molecule has 1 aromatic carbocycles. The van der Waals surface area contributed by atoms with Gasteiger partial charge in [0.15, 0.2) is 5.78 Å². The molecule has 0 saturated carbocycles. The fourth-order valence-corrected chi connectivity index (χ4v) is 2.11. The summed E-state index contributed by atoms with van der Waals surface area (Å²) in [7, 11) is 0. The van der Waals surface area contributed by atoms with E-state index in [1.165, 1.54) is 0 Å². The largest absolute Gasteiger partial charge is 0.463 e. The van der Waals surface area contributed by atoms with Crippen molar-refractivity contribution in [2.45, 2.75) is 53.1 Å². The fraction of sp³-hybridized carbons (Fsp3) is 0.500. The maximum Gasteiger partial charge on any atom is 0.307 e. The third kappa shape index (κ3) is 7.08. The van der Waals surface area contributed by atoms with Gasteiger partial charge in [0.2, 0.25) is 5.91 Å². The SMILES string of the molecule is Cc1ccc(C)c(C(=O)CCC(=O)NCCC(=O)OC(C)C)c1. The second kappa shape index (κ2) is 9.08. The Kier molecular flexibility index (Phi) is 7.45. The summed E-state index contributed by atoms with van der Waals surface area (Å²) in [6.07, 6.45) is 0.251. The molecule has 126 valence electrons. The third-order valence-corrected chi connectivity index (χ3v) is 3.29. The highest BCUT2D eigenvalue weighted by molar-refractivity contribution is 5.99. The van der Waals surface area contributed by atoms with Crippen molar-refractivity contribution in [2.24, 2.45) is 0 Å². The van der Waals surface area contributed by atoms with Gasteiger partial charge in [-0.25, -0.2) is 0 Å². The summed E-state index contributed by atoms with van der Waals surface area (Å²) in [5.74, 6) is -0.617. The number of carbonyl (C=O) groups is 3. The number of hydrogen-bond acceptors (Lipinski definition) is 4. The Labute approximate surface area is 137 Å². The number of esters is 1. The van der Waals surface area contributed by atoms with Gasteiger partial charge in [0.25, 0.3) is 0 Å². The Morgan fingerprint density at radius 2 is 1.78 bits per heavy atom. The van der Waals surface area contributed by atoms with Gasteiger partial charge in [-0.1, -0.05) is 17.7 Å². The zero-order valence-electron chi connectivity index (χ0n) is 14.3. The first-order valence-electron chi connectivity index (χ1n) is 7.86. The Morgan fingerprint density at radius 3 is 2.43 bits per heavy atom. The van der Waals surface area contributed by atoms with Crippen molar-refractivity contribution in [2.75, 3.05) is 6.54 Å². The molecule has 0 aromatic heterocycles. The summed E-state index contributed by atoms with van der Waals surface area (Å²) in [5, 5.41) is 2.63. The van der Waals surface area contributed by atoms with Gasteiger partial charge >= 0.3 is 5.97 Å². The predicted molar refractivity (Wildman–Crippen MR) is 88.3 cm³/mol. The number of benzene rings is 1. The lowest BCUT2D eigenvalue weighted by molar-refractivity contribution is -0.147. The first kappa shape index (κ1) is 18.9. The van der Waals surface area contributed by atoms with Gasteiger partial charge in [-0.2, -0.15) is 0 Å². The van der Waals surface area contributed by atoms with Crippen LogP contribution >= 0.6 is 0 Å². The number of aryl methyl sites for hydroxylation is 2. The molecule has 23 heavy (non-hydrogen) atoms. The minimum atomic E-state index is -0.341. The molecular formula is C18H25NO4. The number of carbonyl (C=O) groups excluding carboxylic acids is 3. The van der Waals surface area contributed by atoms with E-state index in [1.54, 1.807) is 13.8 Å². The molecule has 0 aliphatic heterocycles. The third-order valence-electron chi connectivity index (χ3n) is 3.29. The van der Waals surface area contributed by atoms with Crippen molar-refractivity contribution in [3.05, 3.63) is 34.9 Å². The maximum atomic E-state index is 12.2. The Morgan fingerprint density at radius 1 is 1.09 bits per heavy atom. The molecule has 5 nitrogen and oxygen atoms in total. The van der Waals surface area contributed by atoms with Crippen LogP contribution in [0, 0.1) is 13.8 Å². The normalized spacial score (nSPS) is 10.5. The van der Waals surface area contributed by atoms with Gasteiger partial charge in [-0.15, -0.1) is 0 Å². The number of hydrogen-bond donors (Lipinski definition) is 1. The van der Waals surface area contributed by atoms with Gasteiger partial charge in [0.1, 0.15) is 0 Å². The van der Waals surface area contributed by atoms with Crippen molar-refractivity contribution in [3.8, 4) is 0 Å². The molecule has 0 radical (unpaired) electrons. The van der Waals surface area contributed by atoms with E-state index in [0.29, 0.717) is 5.56 Å². The van der Waals surface area contributed by atoms with Crippen molar-refractivity contribution >= 4 is 17.7 Å². The van der Waals surface area contributed by atoms with E-state index in [0.717, 1.165) is 11.1 Å². The van der Waals surface area contributed by atoms with Crippen LogP contribution in [0.4, 0.5) is 0 Å². The van der Waals surface area contributed by atoms with E-state index in [1.807, 2.05) is 32.0 Å². The van der Waals surface area contributed by atoms with Crippen LogP contribution in [0.15, 0.2) is 18.2 Å². The summed E-state index contributed by atoms with van der Waals surface area (Å²) >= 11 is 0. The molecule has 0 fully saturated rings. The average molecular weight is 319 g/mol. The van der Waals surface area contributed by atoms with E-state index in [9.17, 15) is 14.4 Å². The van der Waals surface area contributed by atoms with Gasteiger partial charge < -0.3 is 10.1 Å². The van der Waals surface area contributed by atoms with Crippen LogP contribution in [0.2, 0.25) is 0 Å². The molecule has 0 aliphatic rings. The van der Waals surface area contributed by atoms with E-state index in [4.69, 9.17) is 4.74 Å². The van der Waals surface area contributed by atoms with Crippen molar-refractivity contribution in [3.63, 3.8) is 0 Å². The van der Waals surface area contributed by atoms with Crippen LogP contribution in [-0.4, -0.2) is 30.3 Å². The highest BCUT2D eigenvalue weighted by Gasteiger charge is 2.12. The molecule has 1 N–H and O–H groups in total. The highest BCUT2D eigenvalue weighted by Crippen LogP contribution is 2.13. The van der Waals surface area contributed by atoms with Gasteiger partial charge in [-0.05, 0) is 39.3 Å². The van der Waals surface area contributed by atoms with Crippen LogP contribution in [0.1, 0.15) is 54.6 Å². The molecule has 0 atom stereocenters. The number of ether oxygens (including phenoxy) is 1. The van der Waals surface area contributed by atoms with Crippen LogP contribution < -0.4 is 5.32 Å². The van der Waals surface area contributed by atoms with E-state index >= 15 is 0 Å². The number of Topliss-reactive ketones (excluding diaryl/α,β-unsaturated/α-hetero) is 1. The number of ketones is 1. The maximum absolute atomic E-state index is 12.2. The molecule has 0 saturated heterocycles. The molecule has 1 aromatic rings. The standard InChI is InChI=1S/C18H25NO4/c1-12(2)23-18(22)9-10-19-17(21)8-7-16(20)15-11-13(3)5-6-14(15)4/h5-6,11-12H,7-10H2,1-4H3,(H,19,21). The second-order valence-electron chi connectivity index (χ2n) is 5.88. The molecule has 0 heterocycles. The van der Waals surface area contributed by atoms with Gasteiger partial charge in [0, 0.05) is 24.9 Å². The van der Waals surface area contributed by atoms with Gasteiger partial charge in [-0.3, -0.25) is 14.4 Å². The lowest BCUT2D eigenvalue weighted by atomic mass is 9.99. The van der Waals surface area contributed by atoms with E-state index in [2.05, 4.69) is 5.32 Å². The monoisotopic (exact) mass is 319 g/mol. The zero-order valence-corrected chi connectivity index (χ0v) is 14.3. The molecule has 0 unspecified atom stereocenters. The van der Waals surface area contributed by atoms with E-state index < -0.39 is 0 Å².